The Hall–Kier alpha value is -1.65. The zero-order valence-corrected chi connectivity index (χ0v) is 11.3. The minimum Gasteiger partial charge on any atom is -0.388 e. The van der Waals surface area contributed by atoms with Crippen molar-refractivity contribution < 1.29 is 8.76 Å². The summed E-state index contributed by atoms with van der Waals surface area (Å²) in [7, 11) is 1.91. The number of hydrogen-bond acceptors (Lipinski definition) is 2. The third-order valence-corrected chi connectivity index (χ3v) is 2.96. The van der Waals surface area contributed by atoms with Crippen LogP contribution < -0.4 is 5.32 Å². The fourth-order valence-corrected chi connectivity index (χ4v) is 1.63. The molecule has 0 fully saturated rings. The van der Waals surface area contributed by atoms with Crippen molar-refractivity contribution in [1.82, 2.24) is 0 Å². The summed E-state index contributed by atoms with van der Waals surface area (Å²) in [4.78, 5) is 0.450. The van der Waals surface area contributed by atoms with Crippen LogP contribution in [0.2, 0.25) is 0 Å². The van der Waals surface area contributed by atoms with Crippen molar-refractivity contribution in [2.24, 2.45) is 0 Å². The minimum absolute atomic E-state index is 0.450. The zero-order valence-electron chi connectivity index (χ0n) is 10.5. The average molecular weight is 263 g/mol. The van der Waals surface area contributed by atoms with Gasteiger partial charge in [-0.15, -0.1) is 0 Å². The molecule has 0 aliphatic carbocycles. The minimum atomic E-state index is -1.84. The van der Waals surface area contributed by atoms with Crippen molar-refractivity contribution in [2.45, 2.75) is 11.8 Å². The Morgan fingerprint density at radius 2 is 1.56 bits per heavy atom. The normalized spacial score (nSPS) is 11.1. The van der Waals surface area contributed by atoms with Gasteiger partial charge in [0.25, 0.3) is 0 Å². The SMILES string of the molecule is CNc1ccccc1.Cc1ccc(S(=O)O)cc1. The highest BCUT2D eigenvalue weighted by atomic mass is 32.2. The van der Waals surface area contributed by atoms with Crippen LogP contribution in [-0.2, 0) is 11.1 Å². The third kappa shape index (κ3) is 5.12. The second-order valence-electron chi connectivity index (χ2n) is 3.68. The van der Waals surface area contributed by atoms with Crippen LogP contribution >= 0.6 is 0 Å². The van der Waals surface area contributed by atoms with Gasteiger partial charge in [0, 0.05) is 12.7 Å². The van der Waals surface area contributed by atoms with E-state index in [2.05, 4.69) is 5.32 Å². The van der Waals surface area contributed by atoms with Gasteiger partial charge in [0.05, 0.1) is 4.90 Å². The van der Waals surface area contributed by atoms with Crippen LogP contribution in [0.4, 0.5) is 5.69 Å². The fraction of sp³-hybridized carbons (Fsp3) is 0.143. The summed E-state index contributed by atoms with van der Waals surface area (Å²) in [6.45, 7) is 1.93. The Labute approximate surface area is 110 Å². The molecule has 18 heavy (non-hydrogen) atoms. The fourth-order valence-electron chi connectivity index (χ4n) is 1.26. The van der Waals surface area contributed by atoms with E-state index in [1.54, 1.807) is 12.1 Å². The highest BCUT2D eigenvalue weighted by Crippen LogP contribution is 2.05. The molecule has 96 valence electrons. The van der Waals surface area contributed by atoms with E-state index in [1.807, 2.05) is 56.4 Å². The van der Waals surface area contributed by atoms with E-state index in [4.69, 9.17) is 4.55 Å². The summed E-state index contributed by atoms with van der Waals surface area (Å²) in [6.07, 6.45) is 0. The molecule has 1 atom stereocenters. The number of hydrogen-bond donors (Lipinski definition) is 2. The Balaban J connectivity index is 0.000000184. The summed E-state index contributed by atoms with van der Waals surface area (Å²) >= 11 is -1.84. The molecule has 0 aliphatic rings. The van der Waals surface area contributed by atoms with Gasteiger partial charge >= 0.3 is 0 Å². The maximum Gasteiger partial charge on any atom is 0.186 e. The van der Waals surface area contributed by atoms with Gasteiger partial charge in [0.1, 0.15) is 0 Å². The molecule has 0 saturated carbocycles. The molecule has 2 N–H and O–H groups in total. The lowest BCUT2D eigenvalue weighted by Gasteiger charge is -1.94. The van der Waals surface area contributed by atoms with Crippen molar-refractivity contribution in [2.75, 3.05) is 12.4 Å². The molecule has 0 aromatic heterocycles. The maximum absolute atomic E-state index is 10.4. The summed E-state index contributed by atoms with van der Waals surface area (Å²) in [6, 6.07) is 17.0. The molecule has 1 unspecified atom stereocenters. The molecule has 0 heterocycles. The van der Waals surface area contributed by atoms with Gasteiger partial charge in [-0.2, -0.15) is 0 Å². The Bertz CT molecular complexity index is 483. The quantitative estimate of drug-likeness (QED) is 0.817. The topological polar surface area (TPSA) is 49.3 Å². The Morgan fingerprint density at radius 3 is 1.94 bits per heavy atom. The maximum atomic E-state index is 10.4. The molecule has 0 radical (unpaired) electrons. The first-order valence-electron chi connectivity index (χ1n) is 5.54. The summed E-state index contributed by atoms with van der Waals surface area (Å²) in [5.41, 5.74) is 2.25. The summed E-state index contributed by atoms with van der Waals surface area (Å²) < 4.78 is 19.0. The van der Waals surface area contributed by atoms with Crippen LogP contribution in [0.15, 0.2) is 59.5 Å². The number of rotatable bonds is 2. The van der Waals surface area contributed by atoms with Crippen LogP contribution in [0.3, 0.4) is 0 Å². The van der Waals surface area contributed by atoms with Gasteiger partial charge in [-0.25, -0.2) is 4.21 Å². The van der Waals surface area contributed by atoms with E-state index >= 15 is 0 Å². The van der Waals surface area contributed by atoms with Crippen molar-refractivity contribution >= 4 is 16.8 Å². The van der Waals surface area contributed by atoms with Crippen LogP contribution in [-0.4, -0.2) is 15.8 Å². The highest BCUT2D eigenvalue weighted by molar-refractivity contribution is 7.79. The molecule has 0 amide bonds. The van der Waals surface area contributed by atoms with Crippen LogP contribution in [0.25, 0.3) is 0 Å². The van der Waals surface area contributed by atoms with Crippen LogP contribution in [0.5, 0.6) is 0 Å². The van der Waals surface area contributed by atoms with Gasteiger partial charge < -0.3 is 9.87 Å². The van der Waals surface area contributed by atoms with E-state index in [0.29, 0.717) is 4.90 Å². The number of anilines is 1. The first kappa shape index (κ1) is 14.4. The lowest BCUT2D eigenvalue weighted by Crippen LogP contribution is -1.86. The van der Waals surface area contributed by atoms with Crippen molar-refractivity contribution in [1.29, 1.82) is 0 Å². The number of nitrogens with one attached hydrogen (secondary N) is 1. The molecule has 2 rings (SSSR count). The van der Waals surface area contributed by atoms with E-state index in [-0.39, 0.29) is 0 Å². The molecule has 0 aliphatic heterocycles. The largest absolute Gasteiger partial charge is 0.388 e. The van der Waals surface area contributed by atoms with Crippen molar-refractivity contribution in [3.63, 3.8) is 0 Å². The van der Waals surface area contributed by atoms with E-state index in [0.717, 1.165) is 11.3 Å². The predicted molar refractivity (Wildman–Crippen MR) is 76.2 cm³/mol. The van der Waals surface area contributed by atoms with Gasteiger partial charge in [0.2, 0.25) is 0 Å². The first-order chi connectivity index (χ1) is 8.63. The second kappa shape index (κ2) is 7.63. The van der Waals surface area contributed by atoms with Crippen molar-refractivity contribution in [3.8, 4) is 0 Å². The van der Waals surface area contributed by atoms with E-state index in [9.17, 15) is 4.21 Å². The van der Waals surface area contributed by atoms with E-state index < -0.39 is 11.1 Å². The molecule has 2 aromatic rings. The molecular formula is C14H17NO2S. The number of aryl methyl sites for hydroxylation is 1. The zero-order chi connectivity index (χ0) is 13.4. The molecule has 2 aromatic carbocycles. The highest BCUT2D eigenvalue weighted by Gasteiger charge is 1.95. The van der Waals surface area contributed by atoms with Crippen molar-refractivity contribution in [3.05, 3.63) is 60.2 Å². The second-order valence-corrected chi connectivity index (χ2v) is 4.65. The smallest absolute Gasteiger partial charge is 0.186 e. The molecule has 0 bridgehead atoms. The monoisotopic (exact) mass is 263 g/mol. The first-order valence-corrected chi connectivity index (χ1v) is 6.64. The van der Waals surface area contributed by atoms with Gasteiger partial charge in [0.15, 0.2) is 11.1 Å². The van der Waals surface area contributed by atoms with Crippen LogP contribution in [0.1, 0.15) is 5.56 Å². The Morgan fingerprint density at radius 1 is 1.00 bits per heavy atom. The molecular weight excluding hydrogens is 246 g/mol. The standard InChI is InChI=1S/C7H9N.C7H8O2S/c1-8-7-5-3-2-4-6-7;1-6-2-4-7(5-3-6)10(8)9/h2-6,8H,1H3;2-5H,1H3,(H,8,9). The van der Waals surface area contributed by atoms with Gasteiger partial charge in [-0.1, -0.05) is 35.9 Å². The number of benzene rings is 2. The van der Waals surface area contributed by atoms with E-state index in [1.165, 1.54) is 0 Å². The lowest BCUT2D eigenvalue weighted by atomic mass is 10.2. The summed E-state index contributed by atoms with van der Waals surface area (Å²) in [5, 5.41) is 3.03. The van der Waals surface area contributed by atoms with Crippen LogP contribution in [0, 0.1) is 6.92 Å². The molecule has 3 nitrogen and oxygen atoms in total. The Kier molecular flexibility index (Phi) is 6.11. The molecule has 0 spiro atoms. The van der Waals surface area contributed by atoms with Gasteiger partial charge in [-0.05, 0) is 31.2 Å². The number of para-hydroxylation sites is 1. The third-order valence-electron chi connectivity index (χ3n) is 2.29. The molecule has 0 saturated heterocycles. The molecule has 4 heteroatoms. The predicted octanol–water partition coefficient (Wildman–Crippen LogP) is 3.30. The summed E-state index contributed by atoms with van der Waals surface area (Å²) in [5.74, 6) is 0. The average Bonchev–Trinajstić information content (AvgIpc) is 2.41. The lowest BCUT2D eigenvalue weighted by molar-refractivity contribution is 0.564. The van der Waals surface area contributed by atoms with Gasteiger partial charge in [-0.3, -0.25) is 0 Å².